The zero-order valence-electron chi connectivity index (χ0n) is 12.2. The van der Waals surface area contributed by atoms with E-state index in [1.54, 1.807) is 11.8 Å². The van der Waals surface area contributed by atoms with Gasteiger partial charge in [0, 0.05) is 17.0 Å². The molecule has 2 aromatic carbocycles. The zero-order valence-corrected chi connectivity index (χ0v) is 13.0. The highest BCUT2D eigenvalue weighted by Gasteiger charge is 2.08. The largest absolute Gasteiger partial charge is 0.457 e. The van der Waals surface area contributed by atoms with Gasteiger partial charge in [0.05, 0.1) is 0 Å². The van der Waals surface area contributed by atoms with Gasteiger partial charge < -0.3 is 10.5 Å². The summed E-state index contributed by atoms with van der Waals surface area (Å²) in [5.74, 6) is 2.22. The van der Waals surface area contributed by atoms with E-state index < -0.39 is 0 Å². The molecule has 0 atom stereocenters. The lowest BCUT2D eigenvalue weighted by atomic mass is 10.0. The van der Waals surface area contributed by atoms with Gasteiger partial charge in [-0.2, -0.15) is 0 Å². The van der Waals surface area contributed by atoms with E-state index in [0.29, 0.717) is 12.5 Å². The predicted molar refractivity (Wildman–Crippen MR) is 86.7 cm³/mol. The van der Waals surface area contributed by atoms with Crippen molar-refractivity contribution < 1.29 is 4.74 Å². The third-order valence-corrected chi connectivity index (χ3v) is 4.11. The van der Waals surface area contributed by atoms with Crippen molar-refractivity contribution in [2.24, 2.45) is 5.73 Å². The highest BCUT2D eigenvalue weighted by atomic mass is 32.2. The van der Waals surface area contributed by atoms with E-state index in [0.717, 1.165) is 17.1 Å². The third kappa shape index (κ3) is 3.35. The number of rotatable bonds is 5. The van der Waals surface area contributed by atoms with Gasteiger partial charge in [-0.1, -0.05) is 32.0 Å². The Hall–Kier alpha value is -1.45. The van der Waals surface area contributed by atoms with Gasteiger partial charge in [0.1, 0.15) is 11.5 Å². The lowest BCUT2D eigenvalue weighted by molar-refractivity contribution is 0.474. The van der Waals surface area contributed by atoms with Gasteiger partial charge in [0.25, 0.3) is 0 Å². The van der Waals surface area contributed by atoms with Gasteiger partial charge in [0.2, 0.25) is 0 Å². The van der Waals surface area contributed by atoms with Crippen LogP contribution in [-0.4, -0.2) is 6.26 Å². The SMILES string of the molecule is CSc1cccc(Oc2ccc(C(C)C)cc2)c1CN. The summed E-state index contributed by atoms with van der Waals surface area (Å²) in [6, 6.07) is 14.3. The lowest BCUT2D eigenvalue weighted by Gasteiger charge is -2.13. The molecule has 3 heteroatoms. The fourth-order valence-corrected chi connectivity index (χ4v) is 2.73. The highest BCUT2D eigenvalue weighted by molar-refractivity contribution is 7.98. The smallest absolute Gasteiger partial charge is 0.133 e. The van der Waals surface area contributed by atoms with E-state index in [1.165, 1.54) is 10.5 Å². The van der Waals surface area contributed by atoms with Crippen molar-refractivity contribution in [2.75, 3.05) is 6.26 Å². The molecule has 2 N–H and O–H groups in total. The minimum atomic E-state index is 0.483. The van der Waals surface area contributed by atoms with Crippen LogP contribution >= 0.6 is 11.8 Å². The molecule has 0 saturated heterocycles. The molecule has 0 unspecified atom stereocenters. The van der Waals surface area contributed by atoms with Crippen molar-refractivity contribution in [3.63, 3.8) is 0 Å². The lowest BCUT2D eigenvalue weighted by Crippen LogP contribution is -2.01. The van der Waals surface area contributed by atoms with Crippen LogP contribution in [0.25, 0.3) is 0 Å². The van der Waals surface area contributed by atoms with Crippen molar-refractivity contribution in [3.05, 3.63) is 53.6 Å². The van der Waals surface area contributed by atoms with Gasteiger partial charge in [0.15, 0.2) is 0 Å². The number of nitrogens with two attached hydrogens (primary N) is 1. The molecule has 0 amide bonds. The number of hydrogen-bond donors (Lipinski definition) is 1. The number of thioether (sulfide) groups is 1. The molecule has 0 bridgehead atoms. The molecule has 0 aliphatic rings. The van der Waals surface area contributed by atoms with Gasteiger partial charge in [-0.3, -0.25) is 0 Å². The summed E-state index contributed by atoms with van der Waals surface area (Å²) in [7, 11) is 0. The van der Waals surface area contributed by atoms with E-state index >= 15 is 0 Å². The van der Waals surface area contributed by atoms with Crippen LogP contribution in [0.4, 0.5) is 0 Å². The van der Waals surface area contributed by atoms with Crippen LogP contribution in [0.5, 0.6) is 11.5 Å². The van der Waals surface area contributed by atoms with Gasteiger partial charge in [-0.05, 0) is 42.0 Å². The van der Waals surface area contributed by atoms with Crippen LogP contribution in [0.1, 0.15) is 30.9 Å². The molecule has 0 radical (unpaired) electrons. The molecule has 2 aromatic rings. The number of benzene rings is 2. The van der Waals surface area contributed by atoms with E-state index in [4.69, 9.17) is 10.5 Å². The molecule has 2 rings (SSSR count). The number of ether oxygens (including phenoxy) is 1. The van der Waals surface area contributed by atoms with Crippen molar-refractivity contribution in [2.45, 2.75) is 31.2 Å². The van der Waals surface area contributed by atoms with E-state index in [-0.39, 0.29) is 0 Å². The Morgan fingerprint density at radius 2 is 1.80 bits per heavy atom. The monoisotopic (exact) mass is 287 g/mol. The van der Waals surface area contributed by atoms with E-state index in [9.17, 15) is 0 Å². The number of hydrogen-bond acceptors (Lipinski definition) is 3. The topological polar surface area (TPSA) is 35.2 Å². The summed E-state index contributed by atoms with van der Waals surface area (Å²) in [5, 5.41) is 0. The van der Waals surface area contributed by atoms with E-state index in [1.807, 2.05) is 24.3 Å². The second-order valence-corrected chi connectivity index (χ2v) is 5.81. The average Bonchev–Trinajstić information content (AvgIpc) is 2.47. The highest BCUT2D eigenvalue weighted by Crippen LogP contribution is 2.32. The third-order valence-electron chi connectivity index (χ3n) is 3.29. The van der Waals surface area contributed by atoms with Crippen molar-refractivity contribution in [1.82, 2.24) is 0 Å². The van der Waals surface area contributed by atoms with Crippen LogP contribution in [-0.2, 0) is 6.54 Å². The molecule has 0 saturated carbocycles. The summed E-state index contributed by atoms with van der Waals surface area (Å²) in [6.45, 7) is 4.85. The van der Waals surface area contributed by atoms with Gasteiger partial charge in [-0.25, -0.2) is 0 Å². The zero-order chi connectivity index (χ0) is 14.5. The predicted octanol–water partition coefficient (Wildman–Crippen LogP) is 4.78. The summed E-state index contributed by atoms with van der Waals surface area (Å²) in [6.07, 6.45) is 2.05. The molecular weight excluding hydrogens is 266 g/mol. The molecule has 0 heterocycles. The molecule has 106 valence electrons. The molecule has 2 nitrogen and oxygen atoms in total. The van der Waals surface area contributed by atoms with Crippen LogP contribution in [0.15, 0.2) is 47.4 Å². The molecular formula is C17H21NOS. The average molecular weight is 287 g/mol. The maximum Gasteiger partial charge on any atom is 0.133 e. The Labute approximate surface area is 125 Å². The first-order chi connectivity index (χ1) is 9.65. The van der Waals surface area contributed by atoms with E-state index in [2.05, 4.69) is 38.3 Å². The molecule has 0 spiro atoms. The maximum atomic E-state index is 5.98. The van der Waals surface area contributed by atoms with Crippen LogP contribution in [0.3, 0.4) is 0 Å². The molecule has 0 aromatic heterocycles. The first-order valence-corrected chi connectivity index (χ1v) is 8.02. The van der Waals surface area contributed by atoms with Crippen LogP contribution in [0, 0.1) is 0 Å². The summed E-state index contributed by atoms with van der Waals surface area (Å²) in [4.78, 5) is 1.17. The minimum Gasteiger partial charge on any atom is -0.457 e. The summed E-state index contributed by atoms with van der Waals surface area (Å²) < 4.78 is 5.98. The van der Waals surface area contributed by atoms with Crippen LogP contribution < -0.4 is 10.5 Å². The molecule has 20 heavy (non-hydrogen) atoms. The van der Waals surface area contributed by atoms with Gasteiger partial charge >= 0.3 is 0 Å². The molecule has 0 fully saturated rings. The molecule has 0 aliphatic carbocycles. The maximum absolute atomic E-state index is 5.98. The second-order valence-electron chi connectivity index (χ2n) is 4.97. The van der Waals surface area contributed by atoms with Crippen molar-refractivity contribution in [1.29, 1.82) is 0 Å². The normalized spacial score (nSPS) is 10.8. The first kappa shape index (κ1) is 14.9. The Balaban J connectivity index is 2.25. The summed E-state index contributed by atoms with van der Waals surface area (Å²) in [5.41, 5.74) is 8.23. The quantitative estimate of drug-likeness (QED) is 0.804. The fraction of sp³-hybridized carbons (Fsp3) is 0.294. The Morgan fingerprint density at radius 1 is 1.10 bits per heavy atom. The van der Waals surface area contributed by atoms with Crippen LogP contribution in [0.2, 0.25) is 0 Å². The fourth-order valence-electron chi connectivity index (χ4n) is 2.08. The molecule has 0 aliphatic heterocycles. The second kappa shape index (κ2) is 6.82. The standard InChI is InChI=1S/C17H21NOS/c1-12(2)13-7-9-14(10-8-13)19-16-5-4-6-17(20-3)15(16)11-18/h4-10,12H,11,18H2,1-3H3. The first-order valence-electron chi connectivity index (χ1n) is 6.79. The Bertz CT molecular complexity index is 564. The van der Waals surface area contributed by atoms with Gasteiger partial charge in [-0.15, -0.1) is 11.8 Å². The Kier molecular flexibility index (Phi) is 5.10. The summed E-state index contributed by atoms with van der Waals surface area (Å²) >= 11 is 1.69. The van der Waals surface area contributed by atoms with Crippen molar-refractivity contribution in [3.8, 4) is 11.5 Å². The Morgan fingerprint density at radius 3 is 2.35 bits per heavy atom. The van der Waals surface area contributed by atoms with Crippen molar-refractivity contribution >= 4 is 11.8 Å². The minimum absolute atomic E-state index is 0.483.